The number of ketones is 1. The Balaban J connectivity index is 2.38. The predicted octanol–water partition coefficient (Wildman–Crippen LogP) is 2.68. The highest BCUT2D eigenvalue weighted by molar-refractivity contribution is 6.01. The van der Waals surface area contributed by atoms with Crippen LogP contribution in [-0.2, 0) is 9.53 Å². The first kappa shape index (κ1) is 13.1. The van der Waals surface area contributed by atoms with Gasteiger partial charge in [0, 0.05) is 5.39 Å². The van der Waals surface area contributed by atoms with Gasteiger partial charge in [-0.15, -0.1) is 0 Å². The number of phenols is 1. The van der Waals surface area contributed by atoms with Gasteiger partial charge < -0.3 is 9.84 Å². The van der Waals surface area contributed by atoms with Crippen molar-refractivity contribution >= 4 is 22.5 Å². The Morgan fingerprint density at radius 3 is 2.53 bits per heavy atom. The van der Waals surface area contributed by atoms with Crippen LogP contribution in [0.4, 0.5) is 0 Å². The van der Waals surface area contributed by atoms with E-state index in [1.165, 1.54) is 19.9 Å². The van der Waals surface area contributed by atoms with Crippen molar-refractivity contribution in [1.82, 2.24) is 0 Å². The van der Waals surface area contributed by atoms with Crippen LogP contribution in [0.1, 0.15) is 24.2 Å². The summed E-state index contributed by atoms with van der Waals surface area (Å²) < 4.78 is 4.98. The van der Waals surface area contributed by atoms with E-state index >= 15 is 0 Å². The molecule has 0 aliphatic carbocycles. The molecule has 4 heteroatoms. The van der Waals surface area contributed by atoms with Gasteiger partial charge in [-0.25, -0.2) is 4.79 Å². The summed E-state index contributed by atoms with van der Waals surface area (Å²) in [6, 6.07) is 10.4. The summed E-state index contributed by atoms with van der Waals surface area (Å²) in [4.78, 5) is 23.0. The van der Waals surface area contributed by atoms with E-state index in [1.807, 2.05) is 12.1 Å². The molecule has 1 atom stereocenters. The van der Waals surface area contributed by atoms with Gasteiger partial charge in [-0.05, 0) is 25.3 Å². The molecular weight excluding hydrogens is 244 g/mol. The third kappa shape index (κ3) is 2.57. The second kappa shape index (κ2) is 5.10. The number of carbonyl (C=O) groups is 2. The third-order valence-electron chi connectivity index (χ3n) is 2.98. The van der Waals surface area contributed by atoms with Gasteiger partial charge in [-0.3, -0.25) is 4.79 Å². The molecule has 0 aliphatic rings. The SMILES string of the molecule is CC(=O)[C@@H](C)OC(=O)c1ccc2ccccc2c1O. The zero-order valence-corrected chi connectivity index (χ0v) is 10.7. The van der Waals surface area contributed by atoms with Gasteiger partial charge in [0.2, 0.25) is 0 Å². The number of hydrogen-bond donors (Lipinski definition) is 1. The maximum atomic E-state index is 11.9. The molecular formula is C15H14O4. The molecule has 0 heterocycles. The van der Waals surface area contributed by atoms with E-state index in [2.05, 4.69) is 0 Å². The molecule has 2 aromatic rings. The van der Waals surface area contributed by atoms with E-state index in [0.29, 0.717) is 5.39 Å². The first-order valence-electron chi connectivity index (χ1n) is 5.93. The second-order valence-electron chi connectivity index (χ2n) is 4.34. The highest BCUT2D eigenvalue weighted by Crippen LogP contribution is 2.29. The standard InChI is InChI=1S/C15H14O4/c1-9(16)10(2)19-15(18)13-8-7-11-5-3-4-6-12(11)14(13)17/h3-8,10,17H,1-2H3/t10-/m1/s1. The van der Waals surface area contributed by atoms with Crippen molar-refractivity contribution in [3.8, 4) is 5.75 Å². The molecule has 0 saturated carbocycles. The Bertz CT molecular complexity index is 646. The second-order valence-corrected chi connectivity index (χ2v) is 4.34. The molecule has 2 rings (SSSR count). The fourth-order valence-corrected chi connectivity index (χ4v) is 1.73. The summed E-state index contributed by atoms with van der Waals surface area (Å²) in [5.74, 6) is -1.07. The quantitative estimate of drug-likeness (QED) is 0.860. The Hall–Kier alpha value is -2.36. The van der Waals surface area contributed by atoms with Crippen LogP contribution in [0.25, 0.3) is 10.8 Å². The minimum Gasteiger partial charge on any atom is -0.506 e. The molecule has 2 aromatic carbocycles. The van der Waals surface area contributed by atoms with Gasteiger partial charge in [0.1, 0.15) is 11.3 Å². The van der Waals surface area contributed by atoms with Crippen LogP contribution < -0.4 is 0 Å². The van der Waals surface area contributed by atoms with Crippen LogP contribution >= 0.6 is 0 Å². The third-order valence-corrected chi connectivity index (χ3v) is 2.98. The van der Waals surface area contributed by atoms with Crippen LogP contribution in [0.5, 0.6) is 5.75 Å². The molecule has 0 bridgehead atoms. The Morgan fingerprint density at radius 2 is 1.84 bits per heavy atom. The lowest BCUT2D eigenvalue weighted by Crippen LogP contribution is -2.21. The van der Waals surface area contributed by atoms with Crippen molar-refractivity contribution in [2.75, 3.05) is 0 Å². The fraction of sp³-hybridized carbons (Fsp3) is 0.200. The number of benzene rings is 2. The number of ether oxygens (including phenoxy) is 1. The predicted molar refractivity (Wildman–Crippen MR) is 71.2 cm³/mol. The van der Waals surface area contributed by atoms with Crippen molar-refractivity contribution < 1.29 is 19.4 Å². The van der Waals surface area contributed by atoms with E-state index in [1.54, 1.807) is 18.2 Å². The first-order valence-corrected chi connectivity index (χ1v) is 5.93. The van der Waals surface area contributed by atoms with Gasteiger partial charge in [0.15, 0.2) is 11.9 Å². The summed E-state index contributed by atoms with van der Waals surface area (Å²) >= 11 is 0. The highest BCUT2D eigenvalue weighted by atomic mass is 16.5. The van der Waals surface area contributed by atoms with Crippen molar-refractivity contribution in [1.29, 1.82) is 0 Å². The highest BCUT2D eigenvalue weighted by Gasteiger charge is 2.19. The number of fused-ring (bicyclic) bond motifs is 1. The van der Waals surface area contributed by atoms with Crippen LogP contribution in [-0.4, -0.2) is 23.0 Å². The Labute approximate surface area is 110 Å². The minimum absolute atomic E-state index is 0.0619. The van der Waals surface area contributed by atoms with Gasteiger partial charge in [-0.2, -0.15) is 0 Å². The number of aromatic hydroxyl groups is 1. The molecule has 0 aromatic heterocycles. The molecule has 0 saturated heterocycles. The van der Waals surface area contributed by atoms with Gasteiger partial charge in [0.25, 0.3) is 0 Å². The number of hydrogen-bond acceptors (Lipinski definition) is 4. The van der Waals surface area contributed by atoms with Gasteiger partial charge in [0.05, 0.1) is 0 Å². The molecule has 0 unspecified atom stereocenters. The molecule has 98 valence electrons. The normalized spacial score (nSPS) is 12.1. The summed E-state index contributed by atoms with van der Waals surface area (Å²) in [5, 5.41) is 11.5. The molecule has 4 nitrogen and oxygen atoms in total. The lowest BCUT2D eigenvalue weighted by molar-refractivity contribution is -0.124. The summed E-state index contributed by atoms with van der Waals surface area (Å²) in [6.45, 7) is 2.84. The van der Waals surface area contributed by atoms with Gasteiger partial charge in [-0.1, -0.05) is 30.3 Å². The van der Waals surface area contributed by atoms with E-state index in [4.69, 9.17) is 4.74 Å². The molecule has 1 N–H and O–H groups in total. The zero-order chi connectivity index (χ0) is 14.0. The van der Waals surface area contributed by atoms with Gasteiger partial charge >= 0.3 is 5.97 Å². The zero-order valence-electron chi connectivity index (χ0n) is 10.7. The van der Waals surface area contributed by atoms with E-state index < -0.39 is 12.1 Å². The molecule has 0 fully saturated rings. The topological polar surface area (TPSA) is 63.6 Å². The van der Waals surface area contributed by atoms with Crippen LogP contribution in [0.2, 0.25) is 0 Å². The molecule has 19 heavy (non-hydrogen) atoms. The number of rotatable bonds is 3. The van der Waals surface area contributed by atoms with E-state index in [0.717, 1.165) is 5.39 Å². The Morgan fingerprint density at radius 1 is 1.16 bits per heavy atom. The molecule has 0 aliphatic heterocycles. The van der Waals surface area contributed by atoms with Crippen molar-refractivity contribution in [3.63, 3.8) is 0 Å². The summed E-state index contributed by atoms with van der Waals surface area (Å²) in [6.07, 6.45) is -0.821. The number of Topliss-reactive ketones (excluding diaryl/α,β-unsaturated/α-hetero) is 1. The van der Waals surface area contributed by atoms with Crippen molar-refractivity contribution in [3.05, 3.63) is 42.0 Å². The molecule has 0 amide bonds. The van der Waals surface area contributed by atoms with Crippen LogP contribution in [0, 0.1) is 0 Å². The first-order chi connectivity index (χ1) is 9.00. The molecule has 0 spiro atoms. The number of phenolic OH excluding ortho intramolecular Hbond substituents is 1. The maximum Gasteiger partial charge on any atom is 0.342 e. The molecule has 0 radical (unpaired) electrons. The summed E-state index contributed by atoms with van der Waals surface area (Å²) in [5.41, 5.74) is 0.0619. The monoisotopic (exact) mass is 258 g/mol. The lowest BCUT2D eigenvalue weighted by Gasteiger charge is -2.11. The maximum absolute atomic E-state index is 11.9. The van der Waals surface area contributed by atoms with Crippen LogP contribution in [0.3, 0.4) is 0 Å². The average molecular weight is 258 g/mol. The summed E-state index contributed by atoms with van der Waals surface area (Å²) in [7, 11) is 0. The average Bonchev–Trinajstić information content (AvgIpc) is 2.39. The van der Waals surface area contributed by atoms with Crippen molar-refractivity contribution in [2.24, 2.45) is 0 Å². The number of carbonyl (C=O) groups excluding carboxylic acids is 2. The lowest BCUT2D eigenvalue weighted by atomic mass is 10.1. The largest absolute Gasteiger partial charge is 0.506 e. The number of esters is 1. The smallest absolute Gasteiger partial charge is 0.342 e. The minimum atomic E-state index is -0.821. The Kier molecular flexibility index (Phi) is 3.51. The fourth-order valence-electron chi connectivity index (χ4n) is 1.73. The van der Waals surface area contributed by atoms with Crippen LogP contribution in [0.15, 0.2) is 36.4 Å². The van der Waals surface area contributed by atoms with E-state index in [9.17, 15) is 14.7 Å². The van der Waals surface area contributed by atoms with E-state index in [-0.39, 0.29) is 17.1 Å². The van der Waals surface area contributed by atoms with Crippen molar-refractivity contribution in [2.45, 2.75) is 20.0 Å².